The number of furan rings is 1. The third-order valence-corrected chi connectivity index (χ3v) is 4.52. The summed E-state index contributed by atoms with van der Waals surface area (Å²) < 4.78 is 5.65. The van der Waals surface area contributed by atoms with Gasteiger partial charge >= 0.3 is 0 Å². The molecule has 3 rings (SSSR count). The van der Waals surface area contributed by atoms with Crippen LogP contribution in [-0.2, 0) is 6.42 Å². The van der Waals surface area contributed by atoms with Gasteiger partial charge in [-0.25, -0.2) is 4.98 Å². The molecule has 5 nitrogen and oxygen atoms in total. The maximum absolute atomic E-state index is 5.81. The summed E-state index contributed by atoms with van der Waals surface area (Å²) in [5.41, 5.74) is 5.81. The minimum atomic E-state index is 0.0150. The number of rotatable bonds is 4. The number of nitrogen functional groups attached to an aromatic ring is 1. The van der Waals surface area contributed by atoms with E-state index in [1.54, 1.807) is 11.3 Å². The predicted molar refractivity (Wildman–Crippen MR) is 86.7 cm³/mol. The number of nitrogens with zero attached hydrogens (tertiary/aromatic N) is 2. The Morgan fingerprint density at radius 3 is 2.86 bits per heavy atom. The summed E-state index contributed by atoms with van der Waals surface area (Å²) in [6, 6.07) is 6.07. The Labute approximate surface area is 127 Å². The quantitative estimate of drug-likeness (QED) is 0.764. The molecule has 6 heteroatoms. The highest BCUT2D eigenvalue weighted by molar-refractivity contribution is 7.18. The minimum Gasteiger partial charge on any atom is -0.464 e. The van der Waals surface area contributed by atoms with Gasteiger partial charge in [-0.1, -0.05) is 6.92 Å². The Hall–Kier alpha value is -2.08. The van der Waals surface area contributed by atoms with Crippen molar-refractivity contribution in [1.29, 1.82) is 0 Å². The van der Waals surface area contributed by atoms with E-state index in [4.69, 9.17) is 10.2 Å². The molecular formula is C15H18N4OS. The van der Waals surface area contributed by atoms with Gasteiger partial charge in [0.1, 0.15) is 22.2 Å². The third kappa shape index (κ3) is 2.71. The van der Waals surface area contributed by atoms with Gasteiger partial charge in [0.15, 0.2) is 0 Å². The highest BCUT2D eigenvalue weighted by atomic mass is 32.1. The molecule has 0 aromatic carbocycles. The Morgan fingerprint density at radius 2 is 2.19 bits per heavy atom. The lowest BCUT2D eigenvalue weighted by Gasteiger charge is -2.13. The zero-order valence-electron chi connectivity index (χ0n) is 12.3. The zero-order chi connectivity index (χ0) is 15.0. The number of anilines is 2. The van der Waals surface area contributed by atoms with Gasteiger partial charge < -0.3 is 15.5 Å². The SMILES string of the molecule is CCc1cc2c(NC(C)c3ccc(C)o3)nc(N)nc2s1. The average Bonchev–Trinajstić information content (AvgIpc) is 3.04. The van der Waals surface area contributed by atoms with Crippen molar-refractivity contribution in [1.82, 2.24) is 9.97 Å². The molecule has 110 valence electrons. The Kier molecular flexibility index (Phi) is 3.55. The summed E-state index contributed by atoms with van der Waals surface area (Å²) in [7, 11) is 0. The standard InChI is InChI=1S/C15H18N4OS/c1-4-10-7-11-13(18-15(16)19-14(11)21-10)17-9(3)12-6-5-8(2)20-12/h5-7,9H,4H2,1-3H3,(H3,16,17,18,19). The van der Waals surface area contributed by atoms with E-state index in [0.717, 1.165) is 34.0 Å². The van der Waals surface area contributed by atoms with E-state index in [0.29, 0.717) is 0 Å². The van der Waals surface area contributed by atoms with Crippen LogP contribution in [0, 0.1) is 6.92 Å². The number of hydrogen-bond acceptors (Lipinski definition) is 6. The molecule has 3 aromatic rings. The molecule has 0 spiro atoms. The molecule has 0 bridgehead atoms. The number of aromatic nitrogens is 2. The molecule has 21 heavy (non-hydrogen) atoms. The fourth-order valence-corrected chi connectivity index (χ4v) is 3.21. The molecule has 0 saturated carbocycles. The highest BCUT2D eigenvalue weighted by Crippen LogP contribution is 2.31. The van der Waals surface area contributed by atoms with Crippen LogP contribution in [0.25, 0.3) is 10.2 Å². The average molecular weight is 302 g/mol. The summed E-state index contributed by atoms with van der Waals surface area (Å²) in [4.78, 5) is 10.8. The third-order valence-electron chi connectivity index (χ3n) is 3.35. The number of nitrogens with one attached hydrogen (secondary N) is 1. The van der Waals surface area contributed by atoms with E-state index in [-0.39, 0.29) is 12.0 Å². The Balaban J connectivity index is 1.97. The molecule has 3 heterocycles. The second kappa shape index (κ2) is 5.37. The maximum Gasteiger partial charge on any atom is 0.223 e. The smallest absolute Gasteiger partial charge is 0.223 e. The topological polar surface area (TPSA) is 77.0 Å². The number of aryl methyl sites for hydroxylation is 2. The molecule has 0 fully saturated rings. The van der Waals surface area contributed by atoms with Crippen molar-refractivity contribution in [2.24, 2.45) is 0 Å². The maximum atomic E-state index is 5.81. The molecule has 0 aliphatic carbocycles. The van der Waals surface area contributed by atoms with Crippen LogP contribution in [0.15, 0.2) is 22.6 Å². The largest absolute Gasteiger partial charge is 0.464 e. The van der Waals surface area contributed by atoms with Crippen molar-refractivity contribution in [2.75, 3.05) is 11.1 Å². The van der Waals surface area contributed by atoms with Crippen molar-refractivity contribution in [3.8, 4) is 0 Å². The van der Waals surface area contributed by atoms with Gasteiger partial charge in [-0.05, 0) is 38.5 Å². The Morgan fingerprint density at radius 1 is 1.38 bits per heavy atom. The molecule has 1 unspecified atom stereocenters. The summed E-state index contributed by atoms with van der Waals surface area (Å²) in [5.74, 6) is 2.82. The van der Waals surface area contributed by atoms with E-state index < -0.39 is 0 Å². The van der Waals surface area contributed by atoms with Gasteiger partial charge in [0, 0.05) is 4.88 Å². The second-order valence-electron chi connectivity index (χ2n) is 5.03. The van der Waals surface area contributed by atoms with Gasteiger partial charge in [-0.2, -0.15) is 4.98 Å². The molecule has 0 aliphatic heterocycles. The first-order valence-corrected chi connectivity index (χ1v) is 7.77. The van der Waals surface area contributed by atoms with E-state index >= 15 is 0 Å². The lowest BCUT2D eigenvalue weighted by Crippen LogP contribution is -2.09. The molecule has 0 saturated heterocycles. The fourth-order valence-electron chi connectivity index (χ4n) is 2.23. The number of thiophene rings is 1. The van der Waals surface area contributed by atoms with E-state index in [2.05, 4.69) is 28.3 Å². The first-order valence-electron chi connectivity index (χ1n) is 6.95. The lowest BCUT2D eigenvalue weighted by molar-refractivity contribution is 0.466. The minimum absolute atomic E-state index is 0.0150. The normalized spacial score (nSPS) is 12.7. The first-order chi connectivity index (χ1) is 10.1. The predicted octanol–water partition coefficient (Wildman–Crippen LogP) is 3.91. The van der Waals surface area contributed by atoms with Crippen LogP contribution in [0.2, 0.25) is 0 Å². The van der Waals surface area contributed by atoms with Crippen LogP contribution in [-0.4, -0.2) is 9.97 Å². The van der Waals surface area contributed by atoms with Gasteiger partial charge in [0.25, 0.3) is 0 Å². The molecule has 0 amide bonds. The first kappa shape index (κ1) is 13.9. The van der Waals surface area contributed by atoms with Crippen LogP contribution in [0.1, 0.15) is 36.3 Å². The molecule has 3 aromatic heterocycles. The van der Waals surface area contributed by atoms with Crippen molar-refractivity contribution < 1.29 is 4.42 Å². The van der Waals surface area contributed by atoms with Crippen LogP contribution in [0.3, 0.4) is 0 Å². The monoisotopic (exact) mass is 302 g/mol. The second-order valence-corrected chi connectivity index (χ2v) is 6.15. The van der Waals surface area contributed by atoms with Crippen LogP contribution < -0.4 is 11.1 Å². The fraction of sp³-hybridized carbons (Fsp3) is 0.333. The van der Waals surface area contributed by atoms with Gasteiger partial charge in [0.05, 0.1) is 11.4 Å². The summed E-state index contributed by atoms with van der Waals surface area (Å²) in [6.07, 6.45) is 0.979. The number of hydrogen-bond donors (Lipinski definition) is 2. The van der Waals surface area contributed by atoms with E-state index in [1.165, 1.54) is 4.88 Å². The molecule has 3 N–H and O–H groups in total. The van der Waals surface area contributed by atoms with Gasteiger partial charge in [-0.15, -0.1) is 11.3 Å². The lowest BCUT2D eigenvalue weighted by atomic mass is 10.2. The van der Waals surface area contributed by atoms with E-state index in [9.17, 15) is 0 Å². The molecule has 0 radical (unpaired) electrons. The molecule has 1 atom stereocenters. The zero-order valence-corrected chi connectivity index (χ0v) is 13.1. The van der Waals surface area contributed by atoms with Crippen LogP contribution in [0.5, 0.6) is 0 Å². The van der Waals surface area contributed by atoms with Crippen molar-refractivity contribution in [3.05, 3.63) is 34.6 Å². The molecule has 0 aliphatic rings. The van der Waals surface area contributed by atoms with Gasteiger partial charge in [0.2, 0.25) is 5.95 Å². The van der Waals surface area contributed by atoms with Crippen molar-refractivity contribution >= 4 is 33.3 Å². The summed E-state index contributed by atoms with van der Waals surface area (Å²) in [5, 5.41) is 4.39. The molecular weight excluding hydrogens is 284 g/mol. The van der Waals surface area contributed by atoms with Gasteiger partial charge in [-0.3, -0.25) is 0 Å². The number of nitrogens with two attached hydrogens (primary N) is 1. The highest BCUT2D eigenvalue weighted by Gasteiger charge is 2.15. The van der Waals surface area contributed by atoms with Crippen LogP contribution >= 0.6 is 11.3 Å². The van der Waals surface area contributed by atoms with Crippen molar-refractivity contribution in [2.45, 2.75) is 33.2 Å². The van der Waals surface area contributed by atoms with Crippen LogP contribution in [0.4, 0.5) is 11.8 Å². The van der Waals surface area contributed by atoms with E-state index in [1.807, 2.05) is 26.0 Å². The summed E-state index contributed by atoms with van der Waals surface area (Å²) >= 11 is 1.66. The van der Waals surface area contributed by atoms with Crippen molar-refractivity contribution in [3.63, 3.8) is 0 Å². The number of fused-ring (bicyclic) bond motifs is 1. The summed E-state index contributed by atoms with van der Waals surface area (Å²) in [6.45, 7) is 6.10. The Bertz CT molecular complexity index is 777.